The van der Waals surface area contributed by atoms with Crippen molar-refractivity contribution in [1.29, 1.82) is 0 Å². The third kappa shape index (κ3) is 7.92. The van der Waals surface area contributed by atoms with Gasteiger partial charge in [0.15, 0.2) is 0 Å². The summed E-state index contributed by atoms with van der Waals surface area (Å²) in [7, 11) is 0. The summed E-state index contributed by atoms with van der Waals surface area (Å²) in [4.78, 5) is 0. The largest absolute Gasteiger partial charge is 0.512 e. The van der Waals surface area contributed by atoms with Gasteiger partial charge in [-0.1, -0.05) is 85.6 Å². The van der Waals surface area contributed by atoms with E-state index in [0.29, 0.717) is 12.2 Å². The second-order valence-electron chi connectivity index (χ2n) is 5.18. The minimum absolute atomic E-state index is 0.0239. The van der Waals surface area contributed by atoms with Crippen molar-refractivity contribution in [2.75, 3.05) is 0 Å². The third-order valence-corrected chi connectivity index (χ3v) is 2.68. The zero-order chi connectivity index (χ0) is 15.5. The van der Waals surface area contributed by atoms with Gasteiger partial charge in [-0.2, -0.15) is 0 Å². The number of allylic oxidation sites excluding steroid dienone is 5. The molecule has 1 nitrogen and oxygen atoms in total. The molecule has 1 N–H and O–H groups in total. The van der Waals surface area contributed by atoms with Gasteiger partial charge in [-0.15, -0.1) is 0 Å². The first-order valence-corrected chi connectivity index (χ1v) is 7.75. The van der Waals surface area contributed by atoms with Crippen LogP contribution >= 0.6 is 0 Å². The Kier molecular flexibility index (Phi) is 11.7. The maximum atomic E-state index is 9.95. The Hall–Kier alpha value is -0.980. The molecule has 1 rings (SSSR count). The Labute approximate surface area is 121 Å². The first-order valence-electron chi connectivity index (χ1n) is 7.75. The molecule has 112 valence electrons. The fraction of sp³-hybridized carbons (Fsp3) is 0.667. The van der Waals surface area contributed by atoms with E-state index >= 15 is 0 Å². The highest BCUT2D eigenvalue weighted by molar-refractivity contribution is 5.37. The van der Waals surface area contributed by atoms with Gasteiger partial charge in [-0.05, 0) is 17.4 Å². The average Bonchev–Trinajstić information content (AvgIpc) is 2.57. The van der Waals surface area contributed by atoms with Crippen LogP contribution < -0.4 is 0 Å². The van der Waals surface area contributed by atoms with Crippen molar-refractivity contribution >= 4 is 0 Å². The molecule has 0 bridgehead atoms. The smallest absolute Gasteiger partial charge is 0.0997 e. The van der Waals surface area contributed by atoms with Gasteiger partial charge in [-0.3, -0.25) is 0 Å². The average molecular weight is 266 g/mol. The minimum atomic E-state index is 0.0239. The number of aliphatic hydroxyl groups excluding tert-OH is 1. The molecule has 0 saturated carbocycles. The summed E-state index contributed by atoms with van der Waals surface area (Å²) in [6.07, 6.45) is 9.28. The molecule has 0 radical (unpaired) electrons. The fourth-order valence-electron chi connectivity index (χ4n) is 1.85. The van der Waals surface area contributed by atoms with E-state index in [-0.39, 0.29) is 5.41 Å². The molecule has 1 heteroatoms. The van der Waals surface area contributed by atoms with Crippen LogP contribution in [0.2, 0.25) is 0 Å². The van der Waals surface area contributed by atoms with E-state index in [4.69, 9.17) is 0 Å². The van der Waals surface area contributed by atoms with Gasteiger partial charge in [0.2, 0.25) is 0 Å². The van der Waals surface area contributed by atoms with Crippen LogP contribution in [0.15, 0.2) is 35.1 Å². The van der Waals surface area contributed by atoms with Crippen molar-refractivity contribution in [2.24, 2.45) is 5.41 Å². The summed E-state index contributed by atoms with van der Waals surface area (Å²) in [6.45, 7) is 16.6. The zero-order valence-electron chi connectivity index (χ0n) is 14.3. The van der Waals surface area contributed by atoms with Crippen molar-refractivity contribution in [3.63, 3.8) is 0 Å². The molecular weight excluding hydrogens is 232 g/mol. The molecule has 0 aliphatic heterocycles. The molecule has 1 aliphatic carbocycles. The summed E-state index contributed by atoms with van der Waals surface area (Å²) in [5, 5.41) is 9.95. The standard InChI is InChI=1S/C14H22O.2C2H6/c1-5-6-11-7-9-12(14(2,3)4)13(15)10-8-11;2*1-2/h7-9,15H,5-6,10H2,1-4H3;2*1-2H3. The van der Waals surface area contributed by atoms with E-state index in [1.54, 1.807) is 0 Å². The third-order valence-electron chi connectivity index (χ3n) is 2.68. The lowest BCUT2D eigenvalue weighted by atomic mass is 9.85. The van der Waals surface area contributed by atoms with Gasteiger partial charge >= 0.3 is 0 Å². The van der Waals surface area contributed by atoms with Crippen LogP contribution in [-0.4, -0.2) is 5.11 Å². The molecule has 0 fully saturated rings. The predicted molar refractivity (Wildman–Crippen MR) is 88.6 cm³/mol. The molecule has 0 spiro atoms. The molecular formula is C18H34O. The first kappa shape index (κ1) is 20.3. The van der Waals surface area contributed by atoms with Crippen LogP contribution in [0.1, 0.15) is 74.7 Å². The Morgan fingerprint density at radius 3 is 2.00 bits per heavy atom. The first-order chi connectivity index (χ1) is 8.95. The summed E-state index contributed by atoms with van der Waals surface area (Å²) in [5.74, 6) is 0.518. The highest BCUT2D eigenvalue weighted by atomic mass is 16.3. The summed E-state index contributed by atoms with van der Waals surface area (Å²) in [6, 6.07) is 0. The van der Waals surface area contributed by atoms with Crippen LogP contribution in [0.4, 0.5) is 0 Å². The molecule has 0 heterocycles. The second-order valence-corrected chi connectivity index (χ2v) is 5.18. The summed E-state index contributed by atoms with van der Waals surface area (Å²) in [5.41, 5.74) is 2.42. The zero-order valence-corrected chi connectivity index (χ0v) is 14.3. The van der Waals surface area contributed by atoms with Gasteiger partial charge in [-0.25, -0.2) is 0 Å². The Balaban J connectivity index is 0. The quantitative estimate of drug-likeness (QED) is 0.598. The lowest BCUT2D eigenvalue weighted by Crippen LogP contribution is -2.10. The van der Waals surface area contributed by atoms with Crippen molar-refractivity contribution in [3.05, 3.63) is 35.1 Å². The van der Waals surface area contributed by atoms with Crippen LogP contribution in [0.25, 0.3) is 0 Å². The normalized spacial score (nSPS) is 14.6. The van der Waals surface area contributed by atoms with Gasteiger partial charge in [0, 0.05) is 6.42 Å². The summed E-state index contributed by atoms with van der Waals surface area (Å²) >= 11 is 0. The number of aliphatic hydroxyl groups is 1. The lowest BCUT2D eigenvalue weighted by Gasteiger charge is -2.21. The molecule has 1 aliphatic rings. The molecule has 0 amide bonds. The highest BCUT2D eigenvalue weighted by Gasteiger charge is 2.19. The number of rotatable bonds is 2. The Bertz CT molecular complexity index is 311. The monoisotopic (exact) mass is 266 g/mol. The van der Waals surface area contributed by atoms with E-state index in [1.165, 1.54) is 5.57 Å². The van der Waals surface area contributed by atoms with E-state index in [0.717, 1.165) is 18.4 Å². The SMILES string of the molecule is CC.CC.CCCC1=CCC(O)=C(C(C)(C)C)C=C1. The van der Waals surface area contributed by atoms with Crippen LogP contribution in [0, 0.1) is 5.41 Å². The van der Waals surface area contributed by atoms with Gasteiger partial charge < -0.3 is 5.11 Å². The van der Waals surface area contributed by atoms with E-state index in [2.05, 4.69) is 45.9 Å². The number of hydrogen-bond acceptors (Lipinski definition) is 1. The summed E-state index contributed by atoms with van der Waals surface area (Å²) < 4.78 is 0. The minimum Gasteiger partial charge on any atom is -0.512 e. The number of hydrogen-bond donors (Lipinski definition) is 1. The highest BCUT2D eigenvalue weighted by Crippen LogP contribution is 2.32. The van der Waals surface area contributed by atoms with Crippen molar-refractivity contribution in [1.82, 2.24) is 0 Å². The van der Waals surface area contributed by atoms with Crippen molar-refractivity contribution in [3.8, 4) is 0 Å². The van der Waals surface area contributed by atoms with Crippen LogP contribution in [0.5, 0.6) is 0 Å². The van der Waals surface area contributed by atoms with Gasteiger partial charge in [0.05, 0.1) is 5.76 Å². The lowest BCUT2D eigenvalue weighted by molar-refractivity contribution is 0.370. The molecule has 0 saturated heterocycles. The molecule has 19 heavy (non-hydrogen) atoms. The second kappa shape index (κ2) is 10.9. The van der Waals surface area contributed by atoms with E-state index in [1.807, 2.05) is 27.7 Å². The van der Waals surface area contributed by atoms with Crippen molar-refractivity contribution in [2.45, 2.75) is 74.7 Å². The maximum Gasteiger partial charge on any atom is 0.0997 e. The molecule has 0 unspecified atom stereocenters. The molecule has 0 aromatic rings. The molecule has 0 aromatic carbocycles. The molecule has 0 atom stereocenters. The maximum absolute atomic E-state index is 9.95. The Morgan fingerprint density at radius 2 is 1.58 bits per heavy atom. The predicted octanol–water partition coefficient (Wildman–Crippen LogP) is 6.58. The molecule has 0 aromatic heterocycles. The van der Waals surface area contributed by atoms with Gasteiger partial charge in [0.25, 0.3) is 0 Å². The van der Waals surface area contributed by atoms with Gasteiger partial charge in [0.1, 0.15) is 0 Å². The van der Waals surface area contributed by atoms with Crippen molar-refractivity contribution < 1.29 is 5.11 Å². The van der Waals surface area contributed by atoms with Crippen LogP contribution in [0.3, 0.4) is 0 Å². The Morgan fingerprint density at radius 1 is 1.05 bits per heavy atom. The van der Waals surface area contributed by atoms with Crippen LogP contribution in [-0.2, 0) is 0 Å². The topological polar surface area (TPSA) is 20.2 Å². The van der Waals surface area contributed by atoms with E-state index in [9.17, 15) is 5.11 Å². The fourth-order valence-corrected chi connectivity index (χ4v) is 1.85. The van der Waals surface area contributed by atoms with E-state index < -0.39 is 0 Å².